The molecule has 16 bridgehead atoms. The van der Waals surface area contributed by atoms with E-state index < -0.39 is 0 Å². The summed E-state index contributed by atoms with van der Waals surface area (Å²) in [6.07, 6.45) is 64.1. The molecule has 4 nitrogen and oxygen atoms in total. The average Bonchev–Trinajstić information content (AvgIpc) is 1.20. The lowest BCUT2D eigenvalue weighted by molar-refractivity contribution is 0.699. The quantitative estimate of drug-likeness (QED) is 0.210. The van der Waals surface area contributed by atoms with Crippen molar-refractivity contribution in [1.29, 1.82) is 21.0 Å². The maximum atomic E-state index is 12.2. The second-order valence-electron chi connectivity index (χ2n) is 29.5. The first-order valence-corrected chi connectivity index (χ1v) is 33.5. The van der Waals surface area contributed by atoms with Crippen molar-refractivity contribution in [2.24, 2.45) is 35.5 Å². The SMILES string of the molecule is N#Cc1c2c(c(C#N)c3cc4c(C#N)c5c(c(C#N)c4cc13)C1CC3=C4C=C1CC1=C5CC5C=CC6=C(C=C7CC8=C(C=CC7C6)CC(C=C3)C(=C8)C4)CC5=C1)C1CC3=C4C=C1CC1=C2CC2C=CC5=C(C=C6CC7=C(C=CC6C5)CC(C=C3)C(=C7)C4)CC2=C1. The van der Waals surface area contributed by atoms with Crippen molar-refractivity contribution in [1.82, 2.24) is 0 Å². The number of fused-ring (bicyclic) bond motifs is 8. The summed E-state index contributed by atoms with van der Waals surface area (Å²) in [5.41, 5.74) is 39.7. The molecule has 0 fully saturated rings. The van der Waals surface area contributed by atoms with E-state index in [0.29, 0.717) is 67.5 Å². The summed E-state index contributed by atoms with van der Waals surface area (Å²) in [6.45, 7) is 0. The molecule has 3 aromatic carbocycles. The van der Waals surface area contributed by atoms with E-state index in [1.165, 1.54) is 134 Å². The predicted octanol–water partition coefficient (Wildman–Crippen LogP) is 19.9. The van der Waals surface area contributed by atoms with Gasteiger partial charge in [0, 0.05) is 80.0 Å². The minimum atomic E-state index is -0.142. The maximum Gasteiger partial charge on any atom is 0.100 e. The third kappa shape index (κ3) is 6.93. The van der Waals surface area contributed by atoms with Gasteiger partial charge in [-0.05, 0) is 215 Å². The topological polar surface area (TPSA) is 95.2 Å². The van der Waals surface area contributed by atoms with Crippen LogP contribution in [0.3, 0.4) is 0 Å². The molecule has 21 rings (SSSR count). The molecular formula is C86H62N4. The molecular weight excluding hydrogens is 1090 g/mol. The molecule has 8 unspecified atom stereocenters. The van der Waals surface area contributed by atoms with Crippen LogP contribution in [0, 0.1) is 80.8 Å². The van der Waals surface area contributed by atoms with Gasteiger partial charge in [-0.3, -0.25) is 0 Å². The van der Waals surface area contributed by atoms with Crippen LogP contribution < -0.4 is 0 Å². The highest BCUT2D eigenvalue weighted by atomic mass is 14.5. The summed E-state index contributed by atoms with van der Waals surface area (Å²) in [6, 6.07) is 15.8. The zero-order chi connectivity index (χ0) is 59.1. The Balaban J connectivity index is 0.810. The van der Waals surface area contributed by atoms with E-state index in [4.69, 9.17) is 0 Å². The Labute approximate surface area is 525 Å². The number of hydrogen-bond donors (Lipinski definition) is 0. The molecule has 90 heavy (non-hydrogen) atoms. The van der Waals surface area contributed by atoms with E-state index in [1.807, 2.05) is 0 Å². The van der Waals surface area contributed by atoms with Gasteiger partial charge in [-0.15, -0.1) is 0 Å². The standard InChI is InChI=1S/C86H62N4/c87-39-79-75-37-77-78(38-76(75)80(40-88)84-72-34-52-10-6-48-14-44-2-1-43-13-47-5-9-51-33-71(83(79)84)67-27-63(51)23-59(47)19-55(43)17-56(44)20-60(48)24-64(52)28-68(72)31-67)82(42-90)86-74-36-54-12-8-50-16-46-4-3-45-15-49-7-11-53-35-73(85(86)81(77)41-89)69-29-65(53)25-61(49)21-57(45)18-58(46)22-62(50)26-66(54)30-70(74)32-69/h1-12,19-22,27-30,37-38,43,46,48-49,51,54,72-73H,13-18,23-26,31-36H2. The Bertz CT molecular complexity index is 4890. The molecule has 0 amide bonds. The van der Waals surface area contributed by atoms with E-state index >= 15 is 0 Å². The van der Waals surface area contributed by atoms with E-state index in [1.54, 1.807) is 0 Å². The van der Waals surface area contributed by atoms with Gasteiger partial charge >= 0.3 is 0 Å². The highest BCUT2D eigenvalue weighted by molar-refractivity contribution is 6.11. The van der Waals surface area contributed by atoms with Crippen LogP contribution in [0.5, 0.6) is 0 Å². The molecule has 0 heterocycles. The van der Waals surface area contributed by atoms with Gasteiger partial charge in [0.05, 0.1) is 22.3 Å². The highest BCUT2D eigenvalue weighted by Gasteiger charge is 2.44. The van der Waals surface area contributed by atoms with Gasteiger partial charge in [-0.1, -0.05) is 166 Å². The first-order chi connectivity index (χ1) is 44.3. The van der Waals surface area contributed by atoms with Crippen molar-refractivity contribution in [3.63, 3.8) is 0 Å². The molecule has 0 saturated carbocycles. The van der Waals surface area contributed by atoms with Crippen LogP contribution >= 0.6 is 0 Å². The van der Waals surface area contributed by atoms with Gasteiger partial charge in [-0.25, -0.2) is 0 Å². The highest BCUT2D eigenvalue weighted by Crippen LogP contribution is 2.60. The van der Waals surface area contributed by atoms with Crippen LogP contribution in [0.25, 0.3) is 32.7 Å². The van der Waals surface area contributed by atoms with Gasteiger partial charge in [-0.2, -0.15) is 21.0 Å². The number of allylic oxidation sites excluding steroid dienone is 44. The van der Waals surface area contributed by atoms with Crippen molar-refractivity contribution in [2.75, 3.05) is 0 Å². The number of nitriles is 4. The van der Waals surface area contributed by atoms with Crippen molar-refractivity contribution in [3.8, 4) is 24.3 Å². The summed E-state index contributed by atoms with van der Waals surface area (Å²) in [5.74, 6) is 1.39. The first-order valence-electron chi connectivity index (χ1n) is 33.5. The Morgan fingerprint density at radius 2 is 0.500 bits per heavy atom. The number of hydrogen-bond acceptors (Lipinski definition) is 4. The van der Waals surface area contributed by atoms with Gasteiger partial charge < -0.3 is 0 Å². The lowest BCUT2D eigenvalue weighted by Crippen LogP contribution is -2.15. The molecule has 0 radical (unpaired) electrons. The van der Waals surface area contributed by atoms with Crippen molar-refractivity contribution < 1.29 is 0 Å². The van der Waals surface area contributed by atoms with Gasteiger partial charge in [0.2, 0.25) is 0 Å². The first kappa shape index (κ1) is 50.3. The minimum Gasteiger partial charge on any atom is -0.192 e. The van der Waals surface area contributed by atoms with Crippen LogP contribution in [-0.4, -0.2) is 0 Å². The molecule has 4 heteroatoms. The molecule has 18 aliphatic rings. The normalized spacial score (nSPS) is 29.8. The number of rotatable bonds is 0. The zero-order valence-corrected chi connectivity index (χ0v) is 50.4. The summed E-state index contributed by atoms with van der Waals surface area (Å²) in [7, 11) is 0. The molecule has 0 aromatic heterocycles. The lowest BCUT2D eigenvalue weighted by Gasteiger charge is -2.31. The monoisotopic (exact) mass is 1150 g/mol. The van der Waals surface area contributed by atoms with Crippen molar-refractivity contribution in [3.05, 3.63) is 301 Å². The zero-order valence-electron chi connectivity index (χ0n) is 50.4. The Hall–Kier alpha value is -9.58. The molecule has 0 saturated heterocycles. The van der Waals surface area contributed by atoms with Crippen LogP contribution in [0.15, 0.2) is 256 Å². The van der Waals surface area contributed by atoms with Gasteiger partial charge in [0.15, 0.2) is 0 Å². The third-order valence-corrected chi connectivity index (χ3v) is 25.2. The summed E-state index contributed by atoms with van der Waals surface area (Å²) >= 11 is 0. The van der Waals surface area contributed by atoms with Gasteiger partial charge in [0.25, 0.3) is 0 Å². The van der Waals surface area contributed by atoms with Crippen LogP contribution in [0.4, 0.5) is 0 Å². The van der Waals surface area contributed by atoms with E-state index in [0.717, 1.165) is 125 Å². The fraction of sp³-hybridized carbons (Fsp3) is 0.279. The Morgan fingerprint density at radius 3 is 0.800 bits per heavy atom. The molecule has 0 aliphatic heterocycles. The van der Waals surface area contributed by atoms with Crippen molar-refractivity contribution in [2.45, 2.75) is 115 Å². The summed E-state index contributed by atoms with van der Waals surface area (Å²) < 4.78 is 0. The maximum absolute atomic E-state index is 12.2. The largest absolute Gasteiger partial charge is 0.192 e. The molecule has 0 spiro atoms. The molecule has 0 N–H and O–H groups in total. The van der Waals surface area contributed by atoms with Gasteiger partial charge in [0.1, 0.15) is 24.3 Å². The number of nitrogens with zero attached hydrogens (tertiary/aromatic N) is 4. The van der Waals surface area contributed by atoms with Crippen LogP contribution in [0.1, 0.15) is 159 Å². The predicted molar refractivity (Wildman–Crippen MR) is 356 cm³/mol. The molecule has 426 valence electrons. The summed E-state index contributed by atoms with van der Waals surface area (Å²) in [5, 5.41) is 51.6. The molecule has 8 atom stereocenters. The number of benzene rings is 3. The molecule has 3 aromatic rings. The average molecular weight is 1150 g/mol. The fourth-order valence-electron chi connectivity index (χ4n) is 20.8. The second-order valence-corrected chi connectivity index (χ2v) is 29.5. The molecule has 18 aliphatic carbocycles. The van der Waals surface area contributed by atoms with Crippen LogP contribution in [-0.2, 0) is 0 Å². The van der Waals surface area contributed by atoms with Crippen LogP contribution in [0.2, 0.25) is 0 Å². The smallest absolute Gasteiger partial charge is 0.100 e. The Kier molecular flexibility index (Phi) is 10.1. The van der Waals surface area contributed by atoms with Crippen molar-refractivity contribution >= 4 is 32.7 Å². The van der Waals surface area contributed by atoms with E-state index in [9.17, 15) is 21.0 Å². The lowest BCUT2D eigenvalue weighted by atomic mass is 9.71. The second kappa shape index (κ2) is 18.1. The van der Waals surface area contributed by atoms with E-state index in [-0.39, 0.29) is 23.7 Å². The minimum absolute atomic E-state index is 0.135. The third-order valence-electron chi connectivity index (χ3n) is 25.2. The van der Waals surface area contributed by atoms with E-state index in [2.05, 4.69) is 158 Å². The fourth-order valence-corrected chi connectivity index (χ4v) is 20.8. The Morgan fingerprint density at radius 1 is 0.256 bits per heavy atom. The summed E-state index contributed by atoms with van der Waals surface area (Å²) in [4.78, 5) is 0.